The molecule has 156 valence electrons. The smallest absolute Gasteiger partial charge is 0.154 e. The number of anilines is 2. The van der Waals surface area contributed by atoms with Gasteiger partial charge in [-0.2, -0.15) is 5.10 Å². The van der Waals surface area contributed by atoms with Crippen molar-refractivity contribution in [1.82, 2.24) is 20.2 Å². The summed E-state index contributed by atoms with van der Waals surface area (Å²) in [4.78, 5) is 13.8. The molecule has 30 heavy (non-hydrogen) atoms. The first kappa shape index (κ1) is 20.3. The van der Waals surface area contributed by atoms with Crippen LogP contribution in [0, 0.1) is 13.8 Å². The van der Waals surface area contributed by atoms with Gasteiger partial charge in [0.1, 0.15) is 5.82 Å². The van der Waals surface area contributed by atoms with Crippen LogP contribution >= 0.6 is 0 Å². The summed E-state index contributed by atoms with van der Waals surface area (Å²) in [6.45, 7) is 12.2. The van der Waals surface area contributed by atoms with E-state index in [4.69, 9.17) is 0 Å². The average Bonchev–Trinajstić information content (AvgIpc) is 2.78. The number of benzene rings is 1. The Kier molecular flexibility index (Phi) is 5.93. The maximum absolute atomic E-state index is 4.62. The van der Waals surface area contributed by atoms with Crippen LogP contribution in [-0.4, -0.2) is 46.3 Å². The van der Waals surface area contributed by atoms with Gasteiger partial charge in [-0.25, -0.2) is 4.98 Å². The monoisotopic (exact) mass is 402 g/mol. The van der Waals surface area contributed by atoms with Gasteiger partial charge in [-0.15, -0.1) is 5.10 Å². The summed E-state index contributed by atoms with van der Waals surface area (Å²) in [5, 5.41) is 9.20. The third kappa shape index (κ3) is 4.27. The lowest BCUT2D eigenvalue weighted by Gasteiger charge is -2.36. The molecule has 0 atom stereocenters. The van der Waals surface area contributed by atoms with E-state index in [1.165, 1.54) is 16.7 Å². The Morgan fingerprint density at radius 1 is 0.833 bits per heavy atom. The van der Waals surface area contributed by atoms with Crippen molar-refractivity contribution in [3.8, 4) is 0 Å². The first-order valence-electron chi connectivity index (χ1n) is 10.7. The fourth-order valence-electron chi connectivity index (χ4n) is 3.84. The molecule has 3 heterocycles. The predicted molar refractivity (Wildman–Crippen MR) is 121 cm³/mol. The minimum atomic E-state index is 0.401. The fraction of sp³-hybridized carbons (Fsp3) is 0.417. The quantitative estimate of drug-likeness (QED) is 0.645. The van der Waals surface area contributed by atoms with E-state index >= 15 is 0 Å². The molecule has 0 bridgehead atoms. The molecule has 1 aliphatic heterocycles. The van der Waals surface area contributed by atoms with Gasteiger partial charge in [0.2, 0.25) is 0 Å². The Morgan fingerprint density at radius 3 is 2.17 bits per heavy atom. The van der Waals surface area contributed by atoms with Crippen molar-refractivity contribution in [3.63, 3.8) is 0 Å². The molecule has 0 saturated carbocycles. The van der Waals surface area contributed by atoms with Crippen molar-refractivity contribution >= 4 is 11.6 Å². The third-order valence-corrected chi connectivity index (χ3v) is 5.96. The lowest BCUT2D eigenvalue weighted by molar-refractivity contribution is 0.632. The fourth-order valence-corrected chi connectivity index (χ4v) is 3.84. The molecular formula is C24H30N6. The normalized spacial score (nSPS) is 14.4. The highest BCUT2D eigenvalue weighted by Gasteiger charge is 2.22. The molecule has 2 aromatic heterocycles. The van der Waals surface area contributed by atoms with Gasteiger partial charge in [0.25, 0.3) is 0 Å². The Balaban J connectivity index is 1.43. The number of piperazine rings is 1. The Morgan fingerprint density at radius 2 is 1.53 bits per heavy atom. The van der Waals surface area contributed by atoms with Gasteiger partial charge in [0.15, 0.2) is 5.82 Å². The van der Waals surface area contributed by atoms with Gasteiger partial charge in [-0.1, -0.05) is 44.2 Å². The molecule has 4 rings (SSSR count). The second-order valence-electron chi connectivity index (χ2n) is 8.31. The average molecular weight is 403 g/mol. The van der Waals surface area contributed by atoms with Crippen molar-refractivity contribution in [3.05, 3.63) is 70.8 Å². The second-order valence-corrected chi connectivity index (χ2v) is 8.31. The first-order chi connectivity index (χ1) is 14.5. The summed E-state index contributed by atoms with van der Waals surface area (Å²) in [6, 6.07) is 10.5. The number of nitrogens with zero attached hydrogens (tertiary/aromatic N) is 6. The lowest BCUT2D eigenvalue weighted by atomic mass is 10.0. The molecule has 0 unspecified atom stereocenters. The highest BCUT2D eigenvalue weighted by atomic mass is 15.3. The minimum absolute atomic E-state index is 0.401. The first-order valence-corrected chi connectivity index (χ1v) is 10.7. The molecule has 1 aromatic carbocycles. The Labute approximate surface area is 179 Å². The molecule has 6 nitrogen and oxygen atoms in total. The van der Waals surface area contributed by atoms with Gasteiger partial charge < -0.3 is 9.80 Å². The molecule has 1 saturated heterocycles. The summed E-state index contributed by atoms with van der Waals surface area (Å²) < 4.78 is 0. The molecule has 0 amide bonds. The largest absolute Gasteiger partial charge is 0.352 e. The van der Waals surface area contributed by atoms with Crippen molar-refractivity contribution in [2.75, 3.05) is 36.0 Å². The molecule has 0 N–H and O–H groups in total. The van der Waals surface area contributed by atoms with E-state index in [-0.39, 0.29) is 0 Å². The maximum atomic E-state index is 4.62. The van der Waals surface area contributed by atoms with E-state index in [1.54, 1.807) is 0 Å². The molecule has 1 fully saturated rings. The molecule has 1 aliphatic rings. The van der Waals surface area contributed by atoms with E-state index < -0.39 is 0 Å². The zero-order chi connectivity index (χ0) is 21.1. The van der Waals surface area contributed by atoms with Crippen molar-refractivity contribution < 1.29 is 0 Å². The Bertz CT molecular complexity index is 977. The number of rotatable bonds is 5. The van der Waals surface area contributed by atoms with E-state index in [0.29, 0.717) is 5.92 Å². The zero-order valence-corrected chi connectivity index (χ0v) is 18.3. The van der Waals surface area contributed by atoms with E-state index in [0.717, 1.165) is 55.6 Å². The SMILES string of the molecule is Cc1c(Cc2ccccc2)nnc(N2CCN(c3cnc(C(C)C)cn3)CC2)c1C. The van der Waals surface area contributed by atoms with Crippen LogP contribution in [-0.2, 0) is 6.42 Å². The second kappa shape index (κ2) is 8.78. The summed E-state index contributed by atoms with van der Waals surface area (Å²) in [7, 11) is 0. The van der Waals surface area contributed by atoms with Crippen LogP contribution in [0.4, 0.5) is 11.6 Å². The van der Waals surface area contributed by atoms with Gasteiger partial charge in [-0.3, -0.25) is 4.98 Å². The summed E-state index contributed by atoms with van der Waals surface area (Å²) in [5.41, 5.74) is 5.82. The van der Waals surface area contributed by atoms with Crippen LogP contribution in [0.5, 0.6) is 0 Å². The van der Waals surface area contributed by atoms with Gasteiger partial charge >= 0.3 is 0 Å². The standard InChI is InChI=1S/C24H30N6/c1-17(2)22-15-26-23(16-25-22)29-10-12-30(13-11-29)24-19(4)18(3)21(27-28-24)14-20-8-6-5-7-9-20/h5-9,15-17H,10-14H2,1-4H3. The van der Waals surface area contributed by atoms with Crippen molar-refractivity contribution in [2.45, 2.75) is 40.0 Å². The Hall–Kier alpha value is -3.02. The van der Waals surface area contributed by atoms with Crippen LogP contribution in [0.25, 0.3) is 0 Å². The summed E-state index contributed by atoms with van der Waals surface area (Å²) >= 11 is 0. The van der Waals surface area contributed by atoms with Crippen LogP contribution < -0.4 is 9.80 Å². The van der Waals surface area contributed by atoms with Crippen LogP contribution in [0.1, 0.15) is 47.8 Å². The van der Waals surface area contributed by atoms with E-state index in [9.17, 15) is 0 Å². The molecule has 0 spiro atoms. The molecule has 0 radical (unpaired) electrons. The maximum Gasteiger partial charge on any atom is 0.154 e. The highest BCUT2D eigenvalue weighted by Crippen LogP contribution is 2.25. The van der Waals surface area contributed by atoms with Crippen LogP contribution in [0.15, 0.2) is 42.7 Å². The third-order valence-electron chi connectivity index (χ3n) is 5.96. The van der Waals surface area contributed by atoms with Gasteiger partial charge in [-0.05, 0) is 36.5 Å². The molecule has 6 heteroatoms. The van der Waals surface area contributed by atoms with E-state index in [1.807, 2.05) is 18.5 Å². The van der Waals surface area contributed by atoms with Gasteiger partial charge in [0.05, 0.1) is 23.8 Å². The zero-order valence-electron chi connectivity index (χ0n) is 18.3. The number of hydrogen-bond acceptors (Lipinski definition) is 6. The van der Waals surface area contributed by atoms with Crippen LogP contribution in [0.3, 0.4) is 0 Å². The number of hydrogen-bond donors (Lipinski definition) is 0. The topological polar surface area (TPSA) is 58.0 Å². The predicted octanol–water partition coefficient (Wildman–Crippen LogP) is 3.92. The highest BCUT2D eigenvalue weighted by molar-refractivity contribution is 5.52. The molecule has 0 aliphatic carbocycles. The van der Waals surface area contributed by atoms with Crippen LogP contribution in [0.2, 0.25) is 0 Å². The van der Waals surface area contributed by atoms with Crippen molar-refractivity contribution in [1.29, 1.82) is 0 Å². The summed E-state index contributed by atoms with van der Waals surface area (Å²) in [5.74, 6) is 2.36. The lowest BCUT2D eigenvalue weighted by Crippen LogP contribution is -2.47. The van der Waals surface area contributed by atoms with E-state index in [2.05, 4.69) is 81.9 Å². The molecular weight excluding hydrogens is 372 g/mol. The minimum Gasteiger partial charge on any atom is -0.352 e. The summed E-state index contributed by atoms with van der Waals surface area (Å²) in [6.07, 6.45) is 4.62. The van der Waals surface area contributed by atoms with Crippen molar-refractivity contribution in [2.24, 2.45) is 0 Å². The number of aromatic nitrogens is 4. The van der Waals surface area contributed by atoms with Gasteiger partial charge in [0, 0.05) is 32.6 Å². The molecule has 3 aromatic rings.